The van der Waals surface area contributed by atoms with Crippen LogP contribution < -0.4 is 11.1 Å². The molecule has 0 atom stereocenters. The molecule has 2 aromatic carbocycles. The first-order valence-electron chi connectivity index (χ1n) is 10.5. The van der Waals surface area contributed by atoms with Crippen molar-refractivity contribution < 1.29 is 9.53 Å². The van der Waals surface area contributed by atoms with Crippen molar-refractivity contribution in [1.29, 1.82) is 0 Å². The van der Waals surface area contributed by atoms with Gasteiger partial charge in [-0.2, -0.15) is 0 Å². The van der Waals surface area contributed by atoms with E-state index >= 15 is 0 Å². The number of ether oxygens (including phenoxy) is 1. The van der Waals surface area contributed by atoms with Crippen LogP contribution in [0, 0.1) is 0 Å². The molecular weight excluding hydrogens is 424 g/mol. The summed E-state index contributed by atoms with van der Waals surface area (Å²) in [5.41, 5.74) is 0.907. The Morgan fingerprint density at radius 3 is 2.64 bits per heavy atom. The number of nitrogens with zero attached hydrogens (tertiary/aromatic N) is 5. The van der Waals surface area contributed by atoms with E-state index < -0.39 is 5.97 Å². The highest BCUT2D eigenvalue weighted by molar-refractivity contribution is 5.80. The molecule has 3 heterocycles. The maximum atomic E-state index is 12.5. The summed E-state index contributed by atoms with van der Waals surface area (Å²) in [5.74, 6) is 0.924. The highest BCUT2D eigenvalue weighted by Crippen LogP contribution is 2.15. The standard InChI is InChI=1S/C23H20N6O4/c1-28-22(32)15-8-3-5-10-17(15)29-19(26-27-23(28)29)13-33-20(30)12-6-11-18-24-16-9-4-2-7-14(16)21(31)25-18/h2-5,7-10H,6,11-13H2,1H3,(H,24,25,31). The minimum absolute atomic E-state index is 0.0761. The number of aromatic amines is 1. The van der Waals surface area contributed by atoms with Crippen LogP contribution in [0.4, 0.5) is 0 Å². The van der Waals surface area contributed by atoms with Gasteiger partial charge in [0.25, 0.3) is 11.1 Å². The number of para-hydroxylation sites is 2. The molecule has 0 aliphatic heterocycles. The summed E-state index contributed by atoms with van der Waals surface area (Å²) in [6, 6.07) is 14.3. The number of esters is 1. The summed E-state index contributed by atoms with van der Waals surface area (Å²) in [6.07, 6.45) is 1.07. The fourth-order valence-electron chi connectivity index (χ4n) is 3.86. The molecule has 5 aromatic rings. The molecule has 0 saturated carbocycles. The van der Waals surface area contributed by atoms with Crippen LogP contribution >= 0.6 is 0 Å². The van der Waals surface area contributed by atoms with E-state index in [1.807, 2.05) is 12.1 Å². The number of H-pyrrole nitrogens is 1. The second kappa shape index (κ2) is 8.30. The lowest BCUT2D eigenvalue weighted by Crippen LogP contribution is -2.20. The van der Waals surface area contributed by atoms with Gasteiger partial charge in [0.05, 0.1) is 21.8 Å². The third kappa shape index (κ3) is 3.75. The van der Waals surface area contributed by atoms with Crippen LogP contribution in [0.1, 0.15) is 24.5 Å². The van der Waals surface area contributed by atoms with Crippen LogP contribution in [0.25, 0.3) is 27.6 Å². The van der Waals surface area contributed by atoms with Gasteiger partial charge in [-0.05, 0) is 30.7 Å². The highest BCUT2D eigenvalue weighted by atomic mass is 16.5. The van der Waals surface area contributed by atoms with Crippen molar-refractivity contribution in [2.45, 2.75) is 25.9 Å². The summed E-state index contributed by atoms with van der Waals surface area (Å²) in [6.45, 7) is -0.0761. The Balaban J connectivity index is 1.26. The first-order chi connectivity index (χ1) is 16.0. The van der Waals surface area contributed by atoms with Gasteiger partial charge in [-0.3, -0.25) is 23.4 Å². The van der Waals surface area contributed by atoms with Crippen molar-refractivity contribution >= 4 is 33.6 Å². The topological polar surface area (TPSA) is 124 Å². The number of hydrogen-bond acceptors (Lipinski definition) is 7. The van der Waals surface area contributed by atoms with Gasteiger partial charge in [0.15, 0.2) is 12.4 Å². The number of aromatic nitrogens is 6. The van der Waals surface area contributed by atoms with Crippen LogP contribution in [0.5, 0.6) is 0 Å². The quantitative estimate of drug-likeness (QED) is 0.397. The van der Waals surface area contributed by atoms with Crippen LogP contribution in [-0.2, 0) is 29.6 Å². The Bertz CT molecular complexity index is 1630. The predicted octanol–water partition coefficient (Wildman–Crippen LogP) is 1.88. The molecule has 0 radical (unpaired) electrons. The van der Waals surface area contributed by atoms with Gasteiger partial charge >= 0.3 is 5.97 Å². The number of hydrogen-bond donors (Lipinski definition) is 1. The second-order valence-corrected chi connectivity index (χ2v) is 7.68. The Morgan fingerprint density at radius 1 is 1.03 bits per heavy atom. The Hall–Kier alpha value is -4.34. The summed E-state index contributed by atoms with van der Waals surface area (Å²) >= 11 is 0. The third-order valence-electron chi connectivity index (χ3n) is 5.51. The van der Waals surface area contributed by atoms with E-state index in [2.05, 4.69) is 20.2 Å². The number of rotatable bonds is 6. The molecule has 0 amide bonds. The molecule has 166 valence electrons. The molecule has 10 nitrogen and oxygen atoms in total. The van der Waals surface area contributed by atoms with Crippen molar-refractivity contribution in [3.63, 3.8) is 0 Å². The van der Waals surface area contributed by atoms with E-state index in [9.17, 15) is 14.4 Å². The lowest BCUT2D eigenvalue weighted by Gasteiger charge is -2.08. The molecule has 0 fully saturated rings. The van der Waals surface area contributed by atoms with Gasteiger partial charge in [0, 0.05) is 19.9 Å². The molecule has 5 rings (SSSR count). The maximum absolute atomic E-state index is 12.5. The number of nitrogens with one attached hydrogen (secondary N) is 1. The van der Waals surface area contributed by atoms with Gasteiger partial charge < -0.3 is 9.72 Å². The lowest BCUT2D eigenvalue weighted by molar-refractivity contribution is -0.145. The van der Waals surface area contributed by atoms with Crippen molar-refractivity contribution in [3.8, 4) is 0 Å². The molecule has 0 aliphatic rings. The second-order valence-electron chi connectivity index (χ2n) is 7.68. The van der Waals surface area contributed by atoms with Gasteiger partial charge in [-0.15, -0.1) is 10.2 Å². The molecule has 33 heavy (non-hydrogen) atoms. The zero-order chi connectivity index (χ0) is 22.9. The Labute approximate surface area is 186 Å². The zero-order valence-corrected chi connectivity index (χ0v) is 17.8. The number of carbonyl (C=O) groups excluding carboxylic acids is 1. The Kier molecular flexibility index (Phi) is 5.17. The van der Waals surface area contributed by atoms with Gasteiger partial charge in [0.2, 0.25) is 5.78 Å². The normalized spacial score (nSPS) is 11.4. The number of fused-ring (bicyclic) bond motifs is 4. The largest absolute Gasteiger partial charge is 0.457 e. The smallest absolute Gasteiger partial charge is 0.306 e. The first kappa shape index (κ1) is 20.6. The van der Waals surface area contributed by atoms with E-state index in [1.54, 1.807) is 47.8 Å². The van der Waals surface area contributed by atoms with E-state index in [0.29, 0.717) is 52.1 Å². The van der Waals surface area contributed by atoms with Crippen molar-refractivity contribution in [1.82, 2.24) is 29.1 Å². The molecular formula is C23H20N6O4. The number of aryl methyl sites for hydroxylation is 2. The fraction of sp³-hybridized carbons (Fsp3) is 0.217. The highest BCUT2D eigenvalue weighted by Gasteiger charge is 2.16. The Morgan fingerprint density at radius 2 is 1.79 bits per heavy atom. The average Bonchev–Trinajstić information content (AvgIpc) is 3.26. The maximum Gasteiger partial charge on any atom is 0.306 e. The molecule has 0 bridgehead atoms. The minimum atomic E-state index is -0.399. The summed E-state index contributed by atoms with van der Waals surface area (Å²) < 4.78 is 8.53. The van der Waals surface area contributed by atoms with Crippen molar-refractivity contribution in [3.05, 3.63) is 80.9 Å². The van der Waals surface area contributed by atoms with E-state index in [-0.39, 0.29) is 24.1 Å². The summed E-state index contributed by atoms with van der Waals surface area (Å²) in [5, 5.41) is 9.26. The molecule has 1 N–H and O–H groups in total. The summed E-state index contributed by atoms with van der Waals surface area (Å²) in [7, 11) is 1.62. The van der Waals surface area contributed by atoms with Crippen LogP contribution in [-0.4, -0.2) is 35.1 Å². The molecule has 0 saturated heterocycles. The fourth-order valence-corrected chi connectivity index (χ4v) is 3.86. The van der Waals surface area contributed by atoms with Crippen LogP contribution in [0.15, 0.2) is 58.1 Å². The lowest BCUT2D eigenvalue weighted by atomic mass is 10.2. The van der Waals surface area contributed by atoms with Gasteiger partial charge in [0.1, 0.15) is 5.82 Å². The average molecular weight is 444 g/mol. The van der Waals surface area contributed by atoms with Gasteiger partial charge in [-0.25, -0.2) is 4.98 Å². The predicted molar refractivity (Wildman–Crippen MR) is 121 cm³/mol. The zero-order valence-electron chi connectivity index (χ0n) is 17.8. The SMILES string of the molecule is Cn1c(=O)c2ccccc2n2c(COC(=O)CCCc3nc4ccccc4c(=O)[nH]3)nnc12. The molecule has 0 unspecified atom stereocenters. The van der Waals surface area contributed by atoms with E-state index in [1.165, 1.54) is 4.57 Å². The molecule has 3 aromatic heterocycles. The van der Waals surface area contributed by atoms with Crippen LogP contribution in [0.3, 0.4) is 0 Å². The monoisotopic (exact) mass is 444 g/mol. The molecule has 10 heteroatoms. The number of benzene rings is 2. The van der Waals surface area contributed by atoms with Crippen LogP contribution in [0.2, 0.25) is 0 Å². The number of carbonyl (C=O) groups is 1. The van der Waals surface area contributed by atoms with Crippen molar-refractivity contribution in [2.75, 3.05) is 0 Å². The molecule has 0 spiro atoms. The minimum Gasteiger partial charge on any atom is -0.457 e. The van der Waals surface area contributed by atoms with Crippen molar-refractivity contribution in [2.24, 2.45) is 7.05 Å². The van der Waals surface area contributed by atoms with Gasteiger partial charge in [-0.1, -0.05) is 24.3 Å². The third-order valence-corrected chi connectivity index (χ3v) is 5.51. The summed E-state index contributed by atoms with van der Waals surface area (Å²) in [4.78, 5) is 44.2. The molecule has 0 aliphatic carbocycles. The van der Waals surface area contributed by atoms with E-state index in [0.717, 1.165) is 0 Å². The van der Waals surface area contributed by atoms with E-state index in [4.69, 9.17) is 4.74 Å². The first-order valence-corrected chi connectivity index (χ1v) is 10.5.